The fourth-order valence-corrected chi connectivity index (χ4v) is 1.89. The van der Waals surface area contributed by atoms with Crippen LogP contribution in [-0.4, -0.2) is 11.1 Å². The fraction of sp³-hybridized carbons (Fsp3) is 0.133. The van der Waals surface area contributed by atoms with Crippen molar-refractivity contribution >= 4 is 23.3 Å². The number of aliphatic hydroxyl groups is 1. The minimum Gasteiger partial charge on any atom is -0.392 e. The van der Waals surface area contributed by atoms with Gasteiger partial charge in [-0.25, -0.2) is 4.79 Å². The van der Waals surface area contributed by atoms with Crippen molar-refractivity contribution in [3.8, 4) is 0 Å². The maximum Gasteiger partial charge on any atom is 0.319 e. The molecule has 0 aliphatic carbocycles. The number of carbonyl (C=O) groups excluding carboxylic acids is 1. The largest absolute Gasteiger partial charge is 0.392 e. The van der Waals surface area contributed by atoms with Crippen LogP contribution in [0.15, 0.2) is 48.5 Å². The summed E-state index contributed by atoms with van der Waals surface area (Å²) in [6.07, 6.45) is 0. The predicted molar refractivity (Wildman–Crippen MR) is 79.7 cm³/mol. The van der Waals surface area contributed by atoms with Crippen LogP contribution >= 0.6 is 11.6 Å². The van der Waals surface area contributed by atoms with E-state index in [-0.39, 0.29) is 12.6 Å². The summed E-state index contributed by atoms with van der Waals surface area (Å²) in [7, 11) is 0. The first kappa shape index (κ1) is 14.4. The monoisotopic (exact) mass is 290 g/mol. The van der Waals surface area contributed by atoms with Crippen molar-refractivity contribution in [1.29, 1.82) is 0 Å². The minimum absolute atomic E-state index is 0.0450. The van der Waals surface area contributed by atoms with Crippen LogP contribution in [0.5, 0.6) is 0 Å². The number of hydrogen-bond acceptors (Lipinski definition) is 2. The highest BCUT2D eigenvalue weighted by molar-refractivity contribution is 6.30. The maximum atomic E-state index is 11.8. The second-order valence-electron chi connectivity index (χ2n) is 4.24. The summed E-state index contributed by atoms with van der Waals surface area (Å²) in [5.74, 6) is 0. The van der Waals surface area contributed by atoms with Gasteiger partial charge >= 0.3 is 6.03 Å². The van der Waals surface area contributed by atoms with Gasteiger partial charge in [0, 0.05) is 17.3 Å². The number of anilines is 1. The first-order valence-electron chi connectivity index (χ1n) is 6.17. The molecule has 0 bridgehead atoms. The van der Waals surface area contributed by atoms with E-state index in [1.54, 1.807) is 24.3 Å². The summed E-state index contributed by atoms with van der Waals surface area (Å²) in [4.78, 5) is 11.8. The molecular formula is C15H15ClN2O2. The number of urea groups is 1. The third kappa shape index (κ3) is 3.98. The molecule has 0 radical (unpaired) electrons. The van der Waals surface area contributed by atoms with Crippen LogP contribution in [0.25, 0.3) is 0 Å². The average molecular weight is 291 g/mol. The van der Waals surface area contributed by atoms with Crippen LogP contribution in [0.3, 0.4) is 0 Å². The van der Waals surface area contributed by atoms with Crippen molar-refractivity contribution in [3.63, 3.8) is 0 Å². The molecule has 0 saturated heterocycles. The van der Waals surface area contributed by atoms with Crippen molar-refractivity contribution in [2.24, 2.45) is 0 Å². The highest BCUT2D eigenvalue weighted by Crippen LogP contribution is 2.13. The Morgan fingerprint density at radius 1 is 1.05 bits per heavy atom. The molecule has 2 amide bonds. The Bertz CT molecular complexity index is 585. The Balaban J connectivity index is 1.90. The Morgan fingerprint density at radius 2 is 1.70 bits per heavy atom. The number of aliphatic hydroxyl groups excluding tert-OH is 1. The fourth-order valence-electron chi connectivity index (χ4n) is 1.77. The number of nitrogens with one attached hydrogen (secondary N) is 2. The molecule has 0 heterocycles. The van der Waals surface area contributed by atoms with E-state index in [2.05, 4.69) is 10.6 Å². The van der Waals surface area contributed by atoms with E-state index in [4.69, 9.17) is 11.6 Å². The molecule has 0 spiro atoms. The Morgan fingerprint density at radius 3 is 2.35 bits per heavy atom. The number of benzene rings is 2. The normalized spacial score (nSPS) is 10.1. The second-order valence-corrected chi connectivity index (χ2v) is 4.68. The van der Waals surface area contributed by atoms with Crippen LogP contribution in [0, 0.1) is 0 Å². The molecule has 0 atom stereocenters. The molecule has 2 rings (SSSR count). The average Bonchev–Trinajstić information content (AvgIpc) is 2.48. The third-order valence-corrected chi connectivity index (χ3v) is 3.08. The Kier molecular flexibility index (Phi) is 4.98. The summed E-state index contributed by atoms with van der Waals surface area (Å²) in [6, 6.07) is 14.0. The second kappa shape index (κ2) is 6.93. The van der Waals surface area contributed by atoms with Gasteiger partial charge in [0.15, 0.2) is 0 Å². The van der Waals surface area contributed by atoms with Gasteiger partial charge in [0.05, 0.1) is 6.61 Å². The molecule has 104 valence electrons. The van der Waals surface area contributed by atoms with Crippen LogP contribution in [-0.2, 0) is 13.2 Å². The van der Waals surface area contributed by atoms with Crippen molar-refractivity contribution in [2.75, 3.05) is 5.32 Å². The quantitative estimate of drug-likeness (QED) is 0.810. The number of halogens is 1. The van der Waals surface area contributed by atoms with E-state index in [0.717, 1.165) is 11.1 Å². The van der Waals surface area contributed by atoms with E-state index >= 15 is 0 Å². The van der Waals surface area contributed by atoms with Gasteiger partial charge in [-0.3, -0.25) is 0 Å². The summed E-state index contributed by atoms with van der Waals surface area (Å²) in [5.41, 5.74) is 2.36. The SMILES string of the molecule is O=C(NCc1ccccc1CO)Nc1ccc(Cl)cc1. The molecule has 5 heteroatoms. The molecule has 2 aromatic carbocycles. The van der Waals surface area contributed by atoms with Gasteiger partial charge in [0.25, 0.3) is 0 Å². The standard InChI is InChI=1S/C15H15ClN2O2/c16-13-5-7-14(8-6-13)18-15(20)17-9-11-3-1-2-4-12(11)10-19/h1-8,19H,9-10H2,(H2,17,18,20). The molecule has 20 heavy (non-hydrogen) atoms. The van der Waals surface area contributed by atoms with E-state index in [0.29, 0.717) is 17.3 Å². The molecule has 0 aromatic heterocycles. The summed E-state index contributed by atoms with van der Waals surface area (Å²) in [6.45, 7) is 0.312. The number of rotatable bonds is 4. The van der Waals surface area contributed by atoms with Crippen molar-refractivity contribution in [1.82, 2.24) is 5.32 Å². The lowest BCUT2D eigenvalue weighted by Gasteiger charge is -2.10. The molecule has 4 nitrogen and oxygen atoms in total. The molecule has 0 aliphatic rings. The van der Waals surface area contributed by atoms with Gasteiger partial charge < -0.3 is 15.7 Å². The van der Waals surface area contributed by atoms with Gasteiger partial charge in [-0.05, 0) is 35.4 Å². The molecule has 2 aromatic rings. The lowest BCUT2D eigenvalue weighted by Crippen LogP contribution is -2.28. The minimum atomic E-state index is -0.305. The summed E-state index contributed by atoms with van der Waals surface area (Å²) >= 11 is 5.77. The zero-order valence-electron chi connectivity index (χ0n) is 10.8. The van der Waals surface area contributed by atoms with Crippen molar-refractivity contribution in [2.45, 2.75) is 13.2 Å². The molecule has 0 saturated carbocycles. The molecule has 0 fully saturated rings. The number of carbonyl (C=O) groups is 1. The first-order valence-corrected chi connectivity index (χ1v) is 6.55. The van der Waals surface area contributed by atoms with Gasteiger partial charge in [-0.2, -0.15) is 0 Å². The lowest BCUT2D eigenvalue weighted by molar-refractivity contribution is 0.251. The number of hydrogen-bond donors (Lipinski definition) is 3. The Hall–Kier alpha value is -2.04. The van der Waals surface area contributed by atoms with E-state index < -0.39 is 0 Å². The van der Waals surface area contributed by atoms with Crippen molar-refractivity contribution < 1.29 is 9.90 Å². The highest BCUT2D eigenvalue weighted by Gasteiger charge is 2.04. The van der Waals surface area contributed by atoms with Crippen LogP contribution in [0.4, 0.5) is 10.5 Å². The smallest absolute Gasteiger partial charge is 0.319 e. The van der Waals surface area contributed by atoms with Crippen molar-refractivity contribution in [3.05, 3.63) is 64.7 Å². The zero-order chi connectivity index (χ0) is 14.4. The maximum absolute atomic E-state index is 11.8. The van der Waals surface area contributed by atoms with E-state index in [9.17, 15) is 9.90 Å². The molecular weight excluding hydrogens is 276 g/mol. The van der Waals surface area contributed by atoms with Gasteiger partial charge in [0.2, 0.25) is 0 Å². The molecule has 0 unspecified atom stereocenters. The predicted octanol–water partition coefficient (Wildman–Crippen LogP) is 3.15. The number of amides is 2. The summed E-state index contributed by atoms with van der Waals surface area (Å²) < 4.78 is 0. The van der Waals surface area contributed by atoms with Crippen LogP contribution in [0.2, 0.25) is 5.02 Å². The first-order chi connectivity index (χ1) is 9.69. The third-order valence-electron chi connectivity index (χ3n) is 2.83. The van der Waals surface area contributed by atoms with E-state index in [1.807, 2.05) is 24.3 Å². The molecule has 3 N–H and O–H groups in total. The topological polar surface area (TPSA) is 61.4 Å². The molecule has 0 aliphatic heterocycles. The Labute approximate surface area is 122 Å². The van der Waals surface area contributed by atoms with E-state index in [1.165, 1.54) is 0 Å². The summed E-state index contributed by atoms with van der Waals surface area (Å²) in [5, 5.41) is 15.3. The lowest BCUT2D eigenvalue weighted by atomic mass is 10.1. The zero-order valence-corrected chi connectivity index (χ0v) is 11.5. The van der Waals surface area contributed by atoms with Gasteiger partial charge in [-0.15, -0.1) is 0 Å². The van der Waals surface area contributed by atoms with Gasteiger partial charge in [0.1, 0.15) is 0 Å². The van der Waals surface area contributed by atoms with Crippen LogP contribution in [0.1, 0.15) is 11.1 Å². The van der Waals surface area contributed by atoms with Gasteiger partial charge in [-0.1, -0.05) is 35.9 Å². The highest BCUT2D eigenvalue weighted by atomic mass is 35.5. The van der Waals surface area contributed by atoms with Crippen LogP contribution < -0.4 is 10.6 Å².